The van der Waals surface area contributed by atoms with E-state index in [0.717, 1.165) is 53.9 Å². The van der Waals surface area contributed by atoms with E-state index in [0.29, 0.717) is 19.4 Å². The van der Waals surface area contributed by atoms with Gasteiger partial charge in [-0.15, -0.1) is 0 Å². The highest BCUT2D eigenvalue weighted by molar-refractivity contribution is 5.68. The zero-order valence-corrected chi connectivity index (χ0v) is 20.0. The summed E-state index contributed by atoms with van der Waals surface area (Å²) in [5.74, 6) is 0.820. The lowest BCUT2D eigenvalue weighted by atomic mass is 9.99. The molecule has 0 aromatic heterocycles. The predicted octanol–water partition coefficient (Wildman–Crippen LogP) is 4.55. The van der Waals surface area contributed by atoms with E-state index in [9.17, 15) is 9.59 Å². The van der Waals surface area contributed by atoms with Crippen molar-refractivity contribution in [3.05, 3.63) is 22.8 Å². The van der Waals surface area contributed by atoms with Crippen molar-refractivity contribution >= 4 is 12.5 Å². The van der Waals surface area contributed by atoms with Gasteiger partial charge in [0.2, 0.25) is 12.2 Å². The van der Waals surface area contributed by atoms with E-state index >= 15 is 0 Å². The predicted molar refractivity (Wildman–Crippen MR) is 121 cm³/mol. The van der Waals surface area contributed by atoms with Gasteiger partial charge in [-0.05, 0) is 83.1 Å². The molecule has 0 spiro atoms. The second-order valence-corrected chi connectivity index (χ2v) is 9.42. The third kappa shape index (κ3) is 7.04. The summed E-state index contributed by atoms with van der Waals surface area (Å²) in [5, 5.41) is 5.66. The number of carbonyl (C=O) groups is 2. The van der Waals surface area contributed by atoms with Crippen LogP contribution in [0.2, 0.25) is 0 Å². The Balaban J connectivity index is 1.94. The molecule has 0 fully saturated rings. The lowest BCUT2D eigenvalue weighted by molar-refractivity contribution is -0.109. The van der Waals surface area contributed by atoms with Crippen LogP contribution in [0.5, 0.6) is 11.5 Å². The maximum Gasteiger partial charge on any atom is 0.407 e. The molecule has 1 heterocycles. The molecule has 2 N–H and O–H groups in total. The summed E-state index contributed by atoms with van der Waals surface area (Å²) in [7, 11) is 0. The third-order valence-electron chi connectivity index (χ3n) is 5.58. The fourth-order valence-electron chi connectivity index (χ4n) is 3.75. The van der Waals surface area contributed by atoms with Crippen LogP contribution in [-0.4, -0.2) is 36.5 Å². The monoisotopic (exact) mass is 434 g/mol. The second kappa shape index (κ2) is 10.2. The van der Waals surface area contributed by atoms with E-state index < -0.39 is 11.4 Å². The van der Waals surface area contributed by atoms with Gasteiger partial charge in [0.05, 0.1) is 0 Å². The molecule has 0 saturated heterocycles. The largest absolute Gasteiger partial charge is 0.449 e. The Bertz CT molecular complexity index is 787. The van der Waals surface area contributed by atoms with E-state index in [1.807, 2.05) is 40.7 Å². The minimum atomic E-state index is -0.733. The molecule has 1 aliphatic rings. The molecule has 7 heteroatoms. The van der Waals surface area contributed by atoms with Crippen molar-refractivity contribution in [1.82, 2.24) is 10.6 Å². The number of rotatable bonds is 10. The van der Waals surface area contributed by atoms with Gasteiger partial charge in [0.1, 0.15) is 5.60 Å². The van der Waals surface area contributed by atoms with Crippen LogP contribution in [0.15, 0.2) is 6.07 Å². The number of alkyl carbamates (subject to hydrolysis) is 1. The fraction of sp³-hybridized carbons (Fsp3) is 0.667. The Morgan fingerprint density at radius 1 is 1.26 bits per heavy atom. The molecule has 0 aliphatic carbocycles. The molecule has 2 atom stereocenters. The number of hydrogen-bond acceptors (Lipinski definition) is 5. The Kier molecular flexibility index (Phi) is 8.21. The van der Waals surface area contributed by atoms with Crippen LogP contribution in [0.1, 0.15) is 77.0 Å². The van der Waals surface area contributed by atoms with Gasteiger partial charge >= 0.3 is 6.09 Å². The highest BCUT2D eigenvalue weighted by atomic mass is 16.7. The number of hydrogen-bond donors (Lipinski definition) is 2. The van der Waals surface area contributed by atoms with Crippen molar-refractivity contribution in [3.63, 3.8) is 0 Å². The number of benzene rings is 1. The van der Waals surface area contributed by atoms with Gasteiger partial charge in [0.25, 0.3) is 0 Å². The number of amides is 2. The summed E-state index contributed by atoms with van der Waals surface area (Å²) in [4.78, 5) is 22.6. The minimum Gasteiger partial charge on any atom is -0.449 e. The van der Waals surface area contributed by atoms with Gasteiger partial charge in [-0.25, -0.2) is 4.79 Å². The molecule has 174 valence electrons. The zero-order valence-electron chi connectivity index (χ0n) is 20.0. The van der Waals surface area contributed by atoms with Crippen LogP contribution >= 0.6 is 0 Å². The van der Waals surface area contributed by atoms with Gasteiger partial charge in [-0.1, -0.05) is 6.92 Å². The van der Waals surface area contributed by atoms with E-state index in [-0.39, 0.29) is 12.1 Å². The summed E-state index contributed by atoms with van der Waals surface area (Å²) in [6, 6.07) is 2.07. The van der Waals surface area contributed by atoms with Crippen molar-refractivity contribution in [2.75, 3.05) is 6.54 Å². The van der Waals surface area contributed by atoms with Crippen molar-refractivity contribution in [2.24, 2.45) is 0 Å². The van der Waals surface area contributed by atoms with E-state index in [2.05, 4.69) is 24.5 Å². The van der Waals surface area contributed by atoms with Gasteiger partial charge in [-0.3, -0.25) is 4.79 Å². The Morgan fingerprint density at radius 2 is 1.97 bits per heavy atom. The Labute approximate surface area is 186 Å². The maximum absolute atomic E-state index is 12.0. The molecule has 2 amide bonds. The van der Waals surface area contributed by atoms with Crippen LogP contribution in [0.4, 0.5) is 4.79 Å². The SMILES string of the molecule is CCC(CCCC1(C)Oc2cc(CCNC=O)c(C)c(C)c2O1)NC(=O)OC(C)(C)C. The summed E-state index contributed by atoms with van der Waals surface area (Å²) in [5.41, 5.74) is 2.86. The highest BCUT2D eigenvalue weighted by Crippen LogP contribution is 2.45. The first-order chi connectivity index (χ1) is 14.5. The van der Waals surface area contributed by atoms with Gasteiger partial charge in [0.15, 0.2) is 11.5 Å². The molecular formula is C24H38N2O5. The molecule has 0 radical (unpaired) electrons. The maximum atomic E-state index is 12.0. The lowest BCUT2D eigenvalue weighted by Crippen LogP contribution is -2.39. The quantitative estimate of drug-likeness (QED) is 0.417. The van der Waals surface area contributed by atoms with Crippen LogP contribution in [0.3, 0.4) is 0 Å². The van der Waals surface area contributed by atoms with Crippen LogP contribution in [0, 0.1) is 13.8 Å². The second-order valence-electron chi connectivity index (χ2n) is 9.42. The topological polar surface area (TPSA) is 85.9 Å². The average Bonchev–Trinajstić information content (AvgIpc) is 3.00. The summed E-state index contributed by atoms with van der Waals surface area (Å²) in [6.45, 7) is 14.3. The Morgan fingerprint density at radius 3 is 2.58 bits per heavy atom. The summed E-state index contributed by atoms with van der Waals surface area (Å²) in [6.07, 6.45) is 4.26. The van der Waals surface area contributed by atoms with E-state index in [1.54, 1.807) is 0 Å². The number of fused-ring (bicyclic) bond motifs is 1. The number of carbonyl (C=O) groups excluding carboxylic acids is 2. The first-order valence-electron chi connectivity index (χ1n) is 11.2. The number of nitrogens with one attached hydrogen (secondary N) is 2. The van der Waals surface area contributed by atoms with Crippen LogP contribution < -0.4 is 20.1 Å². The minimum absolute atomic E-state index is 0.0446. The molecule has 2 unspecified atom stereocenters. The van der Waals surface area contributed by atoms with E-state index in [1.165, 1.54) is 0 Å². The van der Waals surface area contributed by atoms with Crippen molar-refractivity contribution < 1.29 is 23.8 Å². The first-order valence-corrected chi connectivity index (χ1v) is 11.2. The smallest absolute Gasteiger partial charge is 0.407 e. The van der Waals surface area contributed by atoms with E-state index in [4.69, 9.17) is 14.2 Å². The third-order valence-corrected chi connectivity index (χ3v) is 5.58. The molecule has 2 rings (SSSR count). The average molecular weight is 435 g/mol. The first kappa shape index (κ1) is 24.8. The molecule has 0 bridgehead atoms. The zero-order chi connectivity index (χ0) is 23.2. The summed E-state index contributed by atoms with van der Waals surface area (Å²) < 4.78 is 17.8. The normalized spacial score (nSPS) is 18.4. The van der Waals surface area contributed by atoms with Crippen molar-refractivity contribution in [3.8, 4) is 11.5 Å². The Hall–Kier alpha value is -2.44. The van der Waals surface area contributed by atoms with Gasteiger partial charge in [-0.2, -0.15) is 0 Å². The van der Waals surface area contributed by atoms with Crippen LogP contribution in [0.25, 0.3) is 0 Å². The summed E-state index contributed by atoms with van der Waals surface area (Å²) >= 11 is 0. The van der Waals surface area contributed by atoms with Crippen molar-refractivity contribution in [2.45, 2.75) is 98.0 Å². The van der Waals surface area contributed by atoms with Gasteiger partial charge < -0.3 is 24.8 Å². The lowest BCUT2D eigenvalue weighted by Gasteiger charge is -2.25. The van der Waals surface area contributed by atoms with Crippen molar-refractivity contribution in [1.29, 1.82) is 0 Å². The molecule has 0 saturated carbocycles. The molecule has 31 heavy (non-hydrogen) atoms. The molecule has 1 aromatic rings. The van der Waals surface area contributed by atoms with Crippen LogP contribution in [-0.2, 0) is 16.0 Å². The number of ether oxygens (including phenoxy) is 3. The van der Waals surface area contributed by atoms with Gasteiger partial charge in [0, 0.05) is 25.9 Å². The highest BCUT2D eigenvalue weighted by Gasteiger charge is 2.38. The molecular weight excluding hydrogens is 396 g/mol. The molecule has 1 aromatic carbocycles. The molecule has 7 nitrogen and oxygen atoms in total. The standard InChI is InChI=1S/C24H38N2O5/c1-8-19(26-22(28)31-23(4,5)6)10-9-12-24(7)29-20-14-18(11-13-25-15-27)16(2)17(3)21(20)30-24/h14-15,19H,8-13H2,1-7H3,(H,25,27)(H,26,28). The molecule has 1 aliphatic heterocycles. The fourth-order valence-corrected chi connectivity index (χ4v) is 3.75.